The summed E-state index contributed by atoms with van der Waals surface area (Å²) in [6, 6.07) is 1.72. The average Bonchev–Trinajstić information content (AvgIpc) is 2.19. The molecule has 1 aromatic heterocycles. The molecule has 0 aliphatic carbocycles. The number of hydrogen-bond acceptors (Lipinski definition) is 9. The first-order valence-electron chi connectivity index (χ1n) is 3.49. The van der Waals surface area contributed by atoms with Crippen LogP contribution in [0.2, 0.25) is 0 Å². The van der Waals surface area contributed by atoms with Crippen LogP contribution >= 0.6 is 0 Å². The van der Waals surface area contributed by atoms with Crippen molar-refractivity contribution in [3.8, 4) is 12.4 Å². The standard InChI is InChI=1S/C6H3N9/c7-1-10-4-13-5(11-2-8)15-6(14-4)12-3-9/h7H,(H2,11,12,13,14,15). The topological polar surface area (TPSA) is 147 Å². The van der Waals surface area contributed by atoms with E-state index in [1.807, 2.05) is 0 Å². The third-order valence-electron chi connectivity index (χ3n) is 1.11. The Morgan fingerprint density at radius 3 is 2.00 bits per heavy atom. The van der Waals surface area contributed by atoms with E-state index in [1.165, 1.54) is 0 Å². The minimum Gasteiger partial charge on any atom is -0.260 e. The molecule has 1 heterocycles. The lowest BCUT2D eigenvalue weighted by atomic mass is 10.8. The van der Waals surface area contributed by atoms with E-state index in [2.05, 4.69) is 30.6 Å². The van der Waals surface area contributed by atoms with Crippen molar-refractivity contribution in [3.63, 3.8) is 0 Å². The van der Waals surface area contributed by atoms with Gasteiger partial charge in [-0.25, -0.2) is 5.41 Å². The summed E-state index contributed by atoms with van der Waals surface area (Å²) >= 11 is 0. The molecule has 0 saturated heterocycles. The first kappa shape index (κ1) is 10.1. The van der Waals surface area contributed by atoms with E-state index in [4.69, 9.17) is 15.9 Å². The molecule has 1 aromatic rings. The largest absolute Gasteiger partial charge is 0.265 e. The second-order valence-corrected chi connectivity index (χ2v) is 1.98. The van der Waals surface area contributed by atoms with Crippen LogP contribution < -0.4 is 10.6 Å². The molecule has 0 aliphatic rings. The molecule has 1 rings (SSSR count). The minimum atomic E-state index is -0.129. The van der Waals surface area contributed by atoms with Gasteiger partial charge in [-0.2, -0.15) is 25.5 Å². The SMILES string of the molecule is N#CNc1nc(N=C=N)nc(NC#N)n1. The van der Waals surface area contributed by atoms with Gasteiger partial charge in [0.1, 0.15) is 0 Å². The summed E-state index contributed by atoms with van der Waals surface area (Å²) in [6.45, 7) is 0. The molecule has 3 N–H and O–H groups in total. The maximum atomic E-state index is 8.33. The maximum Gasteiger partial charge on any atom is 0.265 e. The fourth-order valence-corrected chi connectivity index (χ4v) is 0.677. The second kappa shape index (κ2) is 4.87. The quantitative estimate of drug-likeness (QED) is 0.355. The maximum absolute atomic E-state index is 8.33. The number of nitriles is 2. The molecule has 0 radical (unpaired) electrons. The van der Waals surface area contributed by atoms with Crippen LogP contribution in [0.5, 0.6) is 0 Å². The van der Waals surface area contributed by atoms with E-state index in [0.29, 0.717) is 0 Å². The highest BCUT2D eigenvalue weighted by Crippen LogP contribution is 2.10. The lowest BCUT2D eigenvalue weighted by molar-refractivity contribution is 1.05. The lowest BCUT2D eigenvalue weighted by Crippen LogP contribution is -2.02. The van der Waals surface area contributed by atoms with E-state index in [-0.39, 0.29) is 17.8 Å². The number of aliphatic imine (C=N–C) groups is 1. The van der Waals surface area contributed by atoms with Crippen LogP contribution in [-0.2, 0) is 0 Å². The van der Waals surface area contributed by atoms with E-state index < -0.39 is 0 Å². The Bertz CT molecular complexity index is 452. The first-order chi connectivity index (χ1) is 7.30. The van der Waals surface area contributed by atoms with Crippen LogP contribution in [0.1, 0.15) is 0 Å². The summed E-state index contributed by atoms with van der Waals surface area (Å²) in [5, 5.41) is 27.6. The van der Waals surface area contributed by atoms with Crippen molar-refractivity contribution in [2.45, 2.75) is 0 Å². The van der Waals surface area contributed by atoms with Gasteiger partial charge in [0.15, 0.2) is 12.4 Å². The predicted octanol–water partition coefficient (Wildman–Crippen LogP) is 0.0417. The predicted molar refractivity (Wildman–Crippen MR) is 48.1 cm³/mol. The molecular formula is C6H3N9. The Hall–Kier alpha value is -3.03. The third-order valence-corrected chi connectivity index (χ3v) is 1.11. The van der Waals surface area contributed by atoms with Crippen LogP contribution in [0.3, 0.4) is 0 Å². The van der Waals surface area contributed by atoms with Crippen LogP contribution in [0.15, 0.2) is 4.99 Å². The summed E-state index contributed by atoms with van der Waals surface area (Å²) < 4.78 is 0. The first-order valence-corrected chi connectivity index (χ1v) is 3.49. The fraction of sp³-hybridized carbons (Fsp3) is 0. The Balaban J connectivity index is 3.15. The van der Waals surface area contributed by atoms with Crippen molar-refractivity contribution in [1.29, 1.82) is 15.9 Å². The van der Waals surface area contributed by atoms with Gasteiger partial charge in [-0.15, -0.1) is 4.99 Å². The van der Waals surface area contributed by atoms with Crippen LogP contribution in [0, 0.1) is 28.3 Å². The minimum absolute atomic E-state index is 0.0701. The Kier molecular flexibility index (Phi) is 3.26. The van der Waals surface area contributed by atoms with Gasteiger partial charge in [0.2, 0.25) is 11.9 Å². The fourth-order valence-electron chi connectivity index (χ4n) is 0.677. The van der Waals surface area contributed by atoms with Crippen molar-refractivity contribution in [1.82, 2.24) is 15.0 Å². The summed E-state index contributed by atoms with van der Waals surface area (Å²) in [5.41, 5.74) is 0. The highest BCUT2D eigenvalue weighted by molar-refractivity contribution is 5.48. The molecule has 0 amide bonds. The number of hydrogen-bond donors (Lipinski definition) is 3. The van der Waals surface area contributed by atoms with Crippen LogP contribution in [-0.4, -0.2) is 21.0 Å². The Morgan fingerprint density at radius 2 is 1.60 bits per heavy atom. The molecule has 9 heteroatoms. The Morgan fingerprint density at radius 1 is 1.07 bits per heavy atom. The van der Waals surface area contributed by atoms with Crippen LogP contribution in [0.4, 0.5) is 17.8 Å². The molecule has 0 fully saturated rings. The number of rotatable bonds is 3. The molecule has 0 bridgehead atoms. The molecule has 0 aliphatic heterocycles. The van der Waals surface area contributed by atoms with Gasteiger partial charge in [0, 0.05) is 0 Å². The number of aromatic nitrogens is 3. The zero-order valence-electron chi connectivity index (χ0n) is 7.18. The van der Waals surface area contributed by atoms with Crippen molar-refractivity contribution in [2.75, 3.05) is 10.6 Å². The second-order valence-electron chi connectivity index (χ2n) is 1.98. The molecule has 72 valence electrons. The zero-order valence-corrected chi connectivity index (χ0v) is 7.18. The van der Waals surface area contributed by atoms with E-state index in [1.54, 1.807) is 18.4 Å². The lowest BCUT2D eigenvalue weighted by Gasteiger charge is -1.99. The van der Waals surface area contributed by atoms with Gasteiger partial charge in [0.25, 0.3) is 5.95 Å². The zero-order chi connectivity index (χ0) is 11.1. The highest BCUT2D eigenvalue weighted by atomic mass is 15.2. The summed E-state index contributed by atoms with van der Waals surface area (Å²) in [6.07, 6.45) is 3.20. The van der Waals surface area contributed by atoms with Crippen molar-refractivity contribution in [3.05, 3.63) is 0 Å². The molecule has 0 spiro atoms. The third kappa shape index (κ3) is 2.73. The summed E-state index contributed by atoms with van der Waals surface area (Å²) in [7, 11) is 0. The Labute approximate surface area is 83.7 Å². The molecule has 15 heavy (non-hydrogen) atoms. The molecule has 0 atom stereocenters. The smallest absolute Gasteiger partial charge is 0.260 e. The molecule has 0 aromatic carbocycles. The highest BCUT2D eigenvalue weighted by Gasteiger charge is 2.04. The van der Waals surface area contributed by atoms with Crippen molar-refractivity contribution < 1.29 is 0 Å². The number of anilines is 2. The van der Waals surface area contributed by atoms with E-state index in [9.17, 15) is 0 Å². The van der Waals surface area contributed by atoms with E-state index >= 15 is 0 Å². The van der Waals surface area contributed by atoms with Crippen molar-refractivity contribution in [2.24, 2.45) is 4.99 Å². The number of nitrogens with one attached hydrogen (secondary N) is 3. The molecular weight excluding hydrogens is 198 g/mol. The van der Waals surface area contributed by atoms with E-state index in [0.717, 1.165) is 0 Å². The molecule has 0 unspecified atom stereocenters. The average molecular weight is 201 g/mol. The van der Waals surface area contributed by atoms with Gasteiger partial charge in [-0.1, -0.05) is 0 Å². The molecule has 0 saturated carbocycles. The van der Waals surface area contributed by atoms with Gasteiger partial charge >= 0.3 is 0 Å². The normalized spacial score (nSPS) is 7.87. The van der Waals surface area contributed by atoms with Gasteiger partial charge in [-0.3, -0.25) is 10.6 Å². The van der Waals surface area contributed by atoms with Crippen molar-refractivity contribution >= 4 is 23.9 Å². The molecule has 9 nitrogen and oxygen atoms in total. The van der Waals surface area contributed by atoms with Gasteiger partial charge in [-0.05, 0) is 0 Å². The van der Waals surface area contributed by atoms with Crippen LogP contribution in [0.25, 0.3) is 0 Å². The summed E-state index contributed by atoms with van der Waals surface area (Å²) in [5.74, 6) is -0.269. The monoisotopic (exact) mass is 201 g/mol. The van der Waals surface area contributed by atoms with Gasteiger partial charge in [0.05, 0.1) is 6.01 Å². The van der Waals surface area contributed by atoms with Gasteiger partial charge < -0.3 is 0 Å². The number of nitrogens with zero attached hydrogens (tertiary/aromatic N) is 6. The summed E-state index contributed by atoms with van der Waals surface area (Å²) in [4.78, 5) is 14.3.